The molecule has 0 saturated heterocycles. The third-order valence-corrected chi connectivity index (χ3v) is 4.21. The molecule has 0 aliphatic rings. The molecule has 0 aliphatic heterocycles. The minimum atomic E-state index is -0.711. The van der Waals surface area contributed by atoms with Crippen molar-refractivity contribution in [3.05, 3.63) is 95.6 Å². The summed E-state index contributed by atoms with van der Waals surface area (Å²) in [5.41, 5.74) is 2.80. The molecule has 1 atom stereocenters. The summed E-state index contributed by atoms with van der Waals surface area (Å²) in [7, 11) is 0. The predicted octanol–water partition coefficient (Wildman–Crippen LogP) is 3.94. The summed E-state index contributed by atoms with van der Waals surface area (Å²) < 4.78 is 5.95. The van der Waals surface area contributed by atoms with Gasteiger partial charge >= 0.3 is 0 Å². The zero-order valence-electron chi connectivity index (χ0n) is 14.9. The maximum atomic E-state index is 10.3. The van der Waals surface area contributed by atoms with Crippen molar-refractivity contribution >= 4 is 0 Å². The standard InChI is InChI=1S/C22H23NO4/c24-21(18-10-6-11-20(13-18)27-25)15-23-14-19-9-4-5-12-22(19)26-16-17-7-2-1-3-8-17/h1-13,21,23-25H,14-16H2/t21-/m1/s1. The monoisotopic (exact) mass is 365 g/mol. The molecule has 0 spiro atoms. The van der Waals surface area contributed by atoms with Crippen LogP contribution in [-0.4, -0.2) is 16.9 Å². The summed E-state index contributed by atoms with van der Waals surface area (Å²) in [4.78, 5) is 4.21. The van der Waals surface area contributed by atoms with Gasteiger partial charge in [-0.15, -0.1) is 0 Å². The average Bonchev–Trinajstić information content (AvgIpc) is 2.73. The van der Waals surface area contributed by atoms with Crippen molar-refractivity contribution in [3.63, 3.8) is 0 Å². The maximum absolute atomic E-state index is 10.3. The molecular formula is C22H23NO4. The molecule has 0 radical (unpaired) electrons. The van der Waals surface area contributed by atoms with E-state index in [4.69, 9.17) is 9.99 Å². The van der Waals surface area contributed by atoms with Gasteiger partial charge in [0.2, 0.25) is 0 Å². The van der Waals surface area contributed by atoms with Gasteiger partial charge in [0.15, 0.2) is 5.75 Å². The molecule has 0 heterocycles. The van der Waals surface area contributed by atoms with Gasteiger partial charge in [-0.1, -0.05) is 60.7 Å². The molecule has 27 heavy (non-hydrogen) atoms. The first-order valence-corrected chi connectivity index (χ1v) is 8.81. The van der Waals surface area contributed by atoms with Crippen LogP contribution in [0.25, 0.3) is 0 Å². The second-order valence-corrected chi connectivity index (χ2v) is 6.19. The van der Waals surface area contributed by atoms with Crippen molar-refractivity contribution in [2.45, 2.75) is 19.3 Å². The highest BCUT2D eigenvalue weighted by Gasteiger charge is 2.09. The van der Waals surface area contributed by atoms with E-state index in [0.717, 1.165) is 16.9 Å². The molecule has 3 aromatic carbocycles. The molecule has 0 saturated carbocycles. The second kappa shape index (κ2) is 9.73. The van der Waals surface area contributed by atoms with Gasteiger partial charge in [0.05, 0.1) is 6.10 Å². The predicted molar refractivity (Wildman–Crippen MR) is 104 cm³/mol. The largest absolute Gasteiger partial charge is 0.489 e. The van der Waals surface area contributed by atoms with Crippen LogP contribution < -0.4 is 14.9 Å². The molecule has 3 aromatic rings. The Kier molecular flexibility index (Phi) is 6.82. The quantitative estimate of drug-likeness (QED) is 0.396. The highest BCUT2D eigenvalue weighted by atomic mass is 17.1. The Morgan fingerprint density at radius 3 is 2.48 bits per heavy atom. The van der Waals surface area contributed by atoms with Crippen molar-refractivity contribution < 1.29 is 20.0 Å². The van der Waals surface area contributed by atoms with Crippen LogP contribution in [0.3, 0.4) is 0 Å². The van der Waals surface area contributed by atoms with Crippen molar-refractivity contribution in [3.8, 4) is 11.5 Å². The lowest BCUT2D eigenvalue weighted by Gasteiger charge is -2.15. The first kappa shape index (κ1) is 18.9. The number of hydrogen-bond acceptors (Lipinski definition) is 5. The SMILES string of the molecule is OOc1cccc([C@H](O)CNCc2ccccc2OCc2ccccc2)c1. The third kappa shape index (κ3) is 5.56. The molecule has 3 rings (SSSR count). The topological polar surface area (TPSA) is 71.0 Å². The van der Waals surface area contributed by atoms with Gasteiger partial charge in [-0.05, 0) is 29.3 Å². The molecule has 0 aliphatic carbocycles. The molecule has 0 bridgehead atoms. The number of aliphatic hydroxyl groups is 1. The average molecular weight is 365 g/mol. The third-order valence-electron chi connectivity index (χ3n) is 4.21. The van der Waals surface area contributed by atoms with Gasteiger partial charge in [0.1, 0.15) is 12.4 Å². The van der Waals surface area contributed by atoms with E-state index in [-0.39, 0.29) is 0 Å². The van der Waals surface area contributed by atoms with Crippen molar-refractivity contribution in [1.29, 1.82) is 0 Å². The van der Waals surface area contributed by atoms with Crippen LogP contribution in [0.2, 0.25) is 0 Å². The summed E-state index contributed by atoms with van der Waals surface area (Å²) in [6.45, 7) is 1.44. The number of para-hydroxylation sites is 1. The Morgan fingerprint density at radius 2 is 1.67 bits per heavy atom. The van der Waals surface area contributed by atoms with E-state index in [1.165, 1.54) is 0 Å². The first-order valence-electron chi connectivity index (χ1n) is 8.81. The van der Waals surface area contributed by atoms with Crippen molar-refractivity contribution in [2.75, 3.05) is 6.54 Å². The second-order valence-electron chi connectivity index (χ2n) is 6.19. The molecule has 5 heteroatoms. The van der Waals surface area contributed by atoms with Crippen molar-refractivity contribution in [2.24, 2.45) is 0 Å². The van der Waals surface area contributed by atoms with Crippen LogP contribution in [0.1, 0.15) is 22.8 Å². The fourth-order valence-corrected chi connectivity index (χ4v) is 2.77. The summed E-state index contributed by atoms with van der Waals surface area (Å²) in [6, 6.07) is 24.6. The normalized spacial score (nSPS) is 11.8. The minimum Gasteiger partial charge on any atom is -0.489 e. The number of aliphatic hydroxyl groups excluding tert-OH is 1. The fourth-order valence-electron chi connectivity index (χ4n) is 2.77. The Morgan fingerprint density at radius 1 is 0.889 bits per heavy atom. The van der Waals surface area contributed by atoms with E-state index in [0.29, 0.717) is 31.0 Å². The van der Waals surface area contributed by atoms with Crippen LogP contribution in [0.5, 0.6) is 11.5 Å². The number of nitrogens with one attached hydrogen (secondary N) is 1. The van der Waals surface area contributed by atoms with Gasteiger partial charge in [0.25, 0.3) is 0 Å². The van der Waals surface area contributed by atoms with Gasteiger partial charge in [0, 0.05) is 18.7 Å². The number of hydrogen-bond donors (Lipinski definition) is 3. The molecule has 5 nitrogen and oxygen atoms in total. The fraction of sp³-hybridized carbons (Fsp3) is 0.182. The maximum Gasteiger partial charge on any atom is 0.165 e. The zero-order chi connectivity index (χ0) is 18.9. The van der Waals surface area contributed by atoms with Gasteiger partial charge in [-0.3, -0.25) is 0 Å². The Bertz CT molecular complexity index is 838. The smallest absolute Gasteiger partial charge is 0.165 e. The lowest BCUT2D eigenvalue weighted by atomic mass is 10.1. The molecular weight excluding hydrogens is 342 g/mol. The molecule has 0 unspecified atom stereocenters. The molecule has 0 aromatic heterocycles. The summed E-state index contributed by atoms with van der Waals surface area (Å²) in [6.07, 6.45) is -0.711. The lowest BCUT2D eigenvalue weighted by Crippen LogP contribution is -2.21. The Hall–Kier alpha value is -2.86. The molecule has 0 amide bonds. The highest BCUT2D eigenvalue weighted by molar-refractivity contribution is 5.34. The van der Waals surface area contributed by atoms with Gasteiger partial charge in [-0.2, -0.15) is 0 Å². The van der Waals surface area contributed by atoms with E-state index < -0.39 is 6.10 Å². The summed E-state index contributed by atoms with van der Waals surface area (Å²) >= 11 is 0. The zero-order valence-corrected chi connectivity index (χ0v) is 14.9. The van der Waals surface area contributed by atoms with E-state index in [9.17, 15) is 5.11 Å². The minimum absolute atomic E-state index is 0.297. The van der Waals surface area contributed by atoms with E-state index in [1.807, 2.05) is 54.6 Å². The van der Waals surface area contributed by atoms with Crippen LogP contribution in [0.15, 0.2) is 78.9 Å². The highest BCUT2D eigenvalue weighted by Crippen LogP contribution is 2.21. The summed E-state index contributed by atoms with van der Waals surface area (Å²) in [5, 5.41) is 22.3. The van der Waals surface area contributed by atoms with Crippen LogP contribution in [-0.2, 0) is 13.2 Å². The van der Waals surface area contributed by atoms with Gasteiger partial charge in [-0.25, -0.2) is 5.26 Å². The number of rotatable bonds is 9. The molecule has 140 valence electrons. The van der Waals surface area contributed by atoms with Crippen LogP contribution in [0, 0.1) is 0 Å². The van der Waals surface area contributed by atoms with Crippen LogP contribution >= 0.6 is 0 Å². The molecule has 0 fully saturated rings. The molecule has 3 N–H and O–H groups in total. The van der Waals surface area contributed by atoms with E-state index >= 15 is 0 Å². The first-order chi connectivity index (χ1) is 13.3. The number of benzene rings is 3. The Labute approximate surface area is 158 Å². The van der Waals surface area contributed by atoms with E-state index in [1.54, 1.807) is 24.3 Å². The van der Waals surface area contributed by atoms with Crippen molar-refractivity contribution in [1.82, 2.24) is 5.32 Å². The van der Waals surface area contributed by atoms with E-state index in [2.05, 4.69) is 10.2 Å². The lowest BCUT2D eigenvalue weighted by molar-refractivity contribution is -0.137. The van der Waals surface area contributed by atoms with Crippen LogP contribution in [0.4, 0.5) is 0 Å². The van der Waals surface area contributed by atoms with Gasteiger partial charge < -0.3 is 20.0 Å². The Balaban J connectivity index is 1.54. The number of ether oxygens (including phenoxy) is 1. The summed E-state index contributed by atoms with van der Waals surface area (Å²) in [5.74, 6) is 1.12.